The van der Waals surface area contributed by atoms with Gasteiger partial charge in [0, 0.05) is 0 Å². The van der Waals surface area contributed by atoms with Crippen LogP contribution < -0.4 is 0 Å². The van der Waals surface area contributed by atoms with Crippen molar-refractivity contribution >= 4 is 21.5 Å². The summed E-state index contributed by atoms with van der Waals surface area (Å²) in [5.41, 5.74) is 10.8. The lowest BCUT2D eigenvalue weighted by Crippen LogP contribution is -1.92. The summed E-state index contributed by atoms with van der Waals surface area (Å²) in [6, 6.07) is 44.4. The Morgan fingerprint density at radius 3 is 1.52 bits per heavy atom. The number of hydrogen-bond donors (Lipinski definition) is 0. The Bertz CT molecular complexity index is 1660. The van der Waals surface area contributed by atoms with Gasteiger partial charge >= 0.3 is 0 Å². The topological polar surface area (TPSA) is 0 Å². The van der Waals surface area contributed by atoms with E-state index in [4.69, 9.17) is 0 Å². The third-order valence-corrected chi connectivity index (χ3v) is 7.06. The van der Waals surface area contributed by atoms with Crippen LogP contribution in [0.4, 0.5) is 0 Å². The molecule has 0 spiro atoms. The summed E-state index contributed by atoms with van der Waals surface area (Å²) in [6.45, 7) is 0. The van der Waals surface area contributed by atoms with E-state index in [1.807, 2.05) is 0 Å². The maximum absolute atomic E-state index is 2.46. The van der Waals surface area contributed by atoms with E-state index in [9.17, 15) is 0 Å². The molecule has 0 fully saturated rings. The van der Waals surface area contributed by atoms with Gasteiger partial charge in [0.2, 0.25) is 0 Å². The van der Waals surface area contributed by atoms with Gasteiger partial charge in [-0.3, -0.25) is 0 Å². The SMILES string of the molecule is c1ccc(-c2c3ccccc3c(-c3ccccc3)c3cc4c(cc23)Cc2ccccc2-4)cc1. The van der Waals surface area contributed by atoms with Gasteiger partial charge in [0.25, 0.3) is 0 Å². The van der Waals surface area contributed by atoms with Crippen molar-refractivity contribution in [2.24, 2.45) is 0 Å². The Balaban J connectivity index is 1.70. The third kappa shape index (κ3) is 2.78. The molecule has 0 saturated carbocycles. The van der Waals surface area contributed by atoms with E-state index < -0.39 is 0 Å². The van der Waals surface area contributed by atoms with Crippen LogP contribution in [0.15, 0.2) is 121 Å². The Labute approximate surface area is 193 Å². The molecule has 0 unspecified atom stereocenters. The van der Waals surface area contributed by atoms with Gasteiger partial charge in [-0.1, -0.05) is 109 Å². The van der Waals surface area contributed by atoms with Crippen molar-refractivity contribution in [2.75, 3.05) is 0 Å². The van der Waals surface area contributed by atoms with E-state index in [0.29, 0.717) is 0 Å². The van der Waals surface area contributed by atoms with Crippen molar-refractivity contribution in [3.05, 3.63) is 132 Å². The number of hydrogen-bond acceptors (Lipinski definition) is 0. The molecular weight excluding hydrogens is 396 g/mol. The van der Waals surface area contributed by atoms with Gasteiger partial charge in [-0.25, -0.2) is 0 Å². The molecule has 0 aliphatic heterocycles. The Morgan fingerprint density at radius 1 is 0.364 bits per heavy atom. The molecule has 0 nitrogen and oxygen atoms in total. The highest BCUT2D eigenvalue weighted by Gasteiger charge is 2.23. The summed E-state index contributed by atoms with van der Waals surface area (Å²) < 4.78 is 0. The largest absolute Gasteiger partial charge is 0.0622 e. The molecule has 1 aliphatic rings. The van der Waals surface area contributed by atoms with Crippen molar-refractivity contribution < 1.29 is 0 Å². The molecule has 0 radical (unpaired) electrons. The van der Waals surface area contributed by atoms with E-state index >= 15 is 0 Å². The molecule has 7 rings (SSSR count). The van der Waals surface area contributed by atoms with Gasteiger partial charge in [0.05, 0.1) is 0 Å². The van der Waals surface area contributed by atoms with Crippen molar-refractivity contribution in [1.29, 1.82) is 0 Å². The minimum absolute atomic E-state index is 1.00. The van der Waals surface area contributed by atoms with Crippen LogP contribution in [-0.4, -0.2) is 0 Å². The molecule has 33 heavy (non-hydrogen) atoms. The van der Waals surface area contributed by atoms with Crippen molar-refractivity contribution in [2.45, 2.75) is 6.42 Å². The summed E-state index contributed by atoms with van der Waals surface area (Å²) in [5, 5.41) is 5.28. The van der Waals surface area contributed by atoms with E-state index in [1.54, 1.807) is 0 Å². The molecule has 154 valence electrons. The molecule has 0 aromatic heterocycles. The first-order valence-corrected chi connectivity index (χ1v) is 11.6. The van der Waals surface area contributed by atoms with Crippen molar-refractivity contribution in [1.82, 2.24) is 0 Å². The predicted octanol–water partition coefficient (Wildman–Crippen LogP) is 8.90. The maximum atomic E-state index is 2.46. The fourth-order valence-corrected chi connectivity index (χ4v) is 5.64. The first-order chi connectivity index (χ1) is 16.4. The summed E-state index contributed by atoms with van der Waals surface area (Å²) in [4.78, 5) is 0. The summed E-state index contributed by atoms with van der Waals surface area (Å²) in [7, 11) is 0. The van der Waals surface area contributed by atoms with E-state index in [-0.39, 0.29) is 0 Å². The van der Waals surface area contributed by atoms with E-state index in [0.717, 1.165) is 6.42 Å². The second-order valence-electron chi connectivity index (χ2n) is 8.92. The molecule has 0 amide bonds. The lowest BCUT2D eigenvalue weighted by Gasteiger charge is -2.19. The van der Waals surface area contributed by atoms with E-state index in [1.165, 1.54) is 66.1 Å². The molecule has 0 heteroatoms. The lowest BCUT2D eigenvalue weighted by atomic mass is 9.84. The lowest BCUT2D eigenvalue weighted by molar-refractivity contribution is 1.27. The van der Waals surface area contributed by atoms with Crippen molar-refractivity contribution in [3.63, 3.8) is 0 Å². The van der Waals surface area contributed by atoms with E-state index in [2.05, 4.69) is 121 Å². The third-order valence-electron chi connectivity index (χ3n) is 7.06. The van der Waals surface area contributed by atoms with Crippen LogP contribution >= 0.6 is 0 Å². The summed E-state index contributed by atoms with van der Waals surface area (Å²) in [6.07, 6.45) is 1.00. The number of rotatable bonds is 2. The molecule has 1 aliphatic carbocycles. The normalized spacial score (nSPS) is 12.1. The zero-order chi connectivity index (χ0) is 21.8. The molecule has 0 bridgehead atoms. The van der Waals surface area contributed by atoms with Crippen LogP contribution in [0, 0.1) is 0 Å². The van der Waals surface area contributed by atoms with Crippen LogP contribution in [0.2, 0.25) is 0 Å². The van der Waals surface area contributed by atoms with Gasteiger partial charge in [-0.2, -0.15) is 0 Å². The quantitative estimate of drug-likeness (QED) is 0.246. The predicted molar refractivity (Wildman–Crippen MR) is 141 cm³/mol. The van der Waals surface area contributed by atoms with Crippen molar-refractivity contribution in [3.8, 4) is 33.4 Å². The van der Waals surface area contributed by atoms with Gasteiger partial charge in [0.1, 0.15) is 0 Å². The Morgan fingerprint density at radius 2 is 0.879 bits per heavy atom. The Kier molecular flexibility index (Phi) is 4.01. The average Bonchev–Trinajstić information content (AvgIpc) is 3.24. The monoisotopic (exact) mass is 418 g/mol. The Hall–Kier alpha value is -4.16. The standard InChI is InChI=1S/C33H22/c1-3-11-22(12-4-1)32-27-17-9-10-18-28(27)33(23-13-5-2-6-14-23)31-21-29-25(20-30(31)32)19-24-15-7-8-16-26(24)29/h1-18,20-21H,19H2. The molecular formula is C33H22. The van der Waals surface area contributed by atoms with Crippen LogP contribution in [0.5, 0.6) is 0 Å². The first-order valence-electron chi connectivity index (χ1n) is 11.6. The molecule has 0 N–H and O–H groups in total. The number of fused-ring (bicyclic) bond motifs is 5. The molecule has 0 heterocycles. The molecule has 0 atom stereocenters. The highest BCUT2D eigenvalue weighted by atomic mass is 14.3. The highest BCUT2D eigenvalue weighted by Crippen LogP contribution is 2.47. The smallest absolute Gasteiger partial charge is 0.00132 e. The zero-order valence-corrected chi connectivity index (χ0v) is 18.3. The second-order valence-corrected chi connectivity index (χ2v) is 8.92. The molecule has 0 saturated heterocycles. The first kappa shape index (κ1) is 18.4. The second kappa shape index (κ2) is 7.18. The maximum Gasteiger partial charge on any atom is -0.00132 e. The van der Waals surface area contributed by atoms with Gasteiger partial charge < -0.3 is 0 Å². The molecule has 6 aromatic rings. The minimum Gasteiger partial charge on any atom is -0.0622 e. The van der Waals surface area contributed by atoms with Gasteiger partial charge in [-0.05, 0) is 84.6 Å². The minimum atomic E-state index is 1.00. The fourth-order valence-electron chi connectivity index (χ4n) is 5.64. The summed E-state index contributed by atoms with van der Waals surface area (Å²) >= 11 is 0. The highest BCUT2D eigenvalue weighted by molar-refractivity contribution is 6.22. The van der Waals surface area contributed by atoms with Crippen LogP contribution in [-0.2, 0) is 6.42 Å². The fraction of sp³-hybridized carbons (Fsp3) is 0.0303. The summed E-state index contributed by atoms with van der Waals surface area (Å²) in [5.74, 6) is 0. The number of benzene rings is 6. The van der Waals surface area contributed by atoms with Crippen LogP contribution in [0.25, 0.3) is 54.9 Å². The molecule has 6 aromatic carbocycles. The average molecular weight is 419 g/mol. The van der Waals surface area contributed by atoms with Gasteiger partial charge in [0.15, 0.2) is 0 Å². The van der Waals surface area contributed by atoms with Crippen LogP contribution in [0.3, 0.4) is 0 Å². The zero-order valence-electron chi connectivity index (χ0n) is 18.3. The van der Waals surface area contributed by atoms with Gasteiger partial charge in [-0.15, -0.1) is 0 Å². The van der Waals surface area contributed by atoms with Crippen LogP contribution in [0.1, 0.15) is 11.1 Å².